The highest BCUT2D eigenvalue weighted by Crippen LogP contribution is 2.43. The highest BCUT2D eigenvalue weighted by Gasteiger charge is 2.29. The third-order valence-electron chi connectivity index (χ3n) is 3.93. The van der Waals surface area contributed by atoms with E-state index < -0.39 is 0 Å². The molecule has 1 fully saturated rings. The molecule has 1 aromatic heterocycles. The van der Waals surface area contributed by atoms with Crippen LogP contribution in [0, 0.1) is 5.92 Å². The van der Waals surface area contributed by atoms with E-state index in [-0.39, 0.29) is 5.56 Å². The Bertz CT molecular complexity index is 739. The summed E-state index contributed by atoms with van der Waals surface area (Å²) in [6.45, 7) is 2.60. The summed E-state index contributed by atoms with van der Waals surface area (Å²) < 4.78 is 6.57. The first-order valence-corrected chi connectivity index (χ1v) is 7.61. The molecule has 5 nitrogen and oxygen atoms in total. The van der Waals surface area contributed by atoms with E-state index in [2.05, 4.69) is 30.8 Å². The van der Waals surface area contributed by atoms with E-state index >= 15 is 0 Å². The first kappa shape index (κ1) is 12.2. The normalized spacial score (nSPS) is 17.9. The molecule has 2 aromatic rings. The zero-order valence-electron chi connectivity index (χ0n) is 10.9. The minimum atomic E-state index is -0.115. The van der Waals surface area contributed by atoms with Crippen molar-refractivity contribution in [3.63, 3.8) is 0 Å². The molecular formula is C14H14BrN3O2. The summed E-state index contributed by atoms with van der Waals surface area (Å²) in [6, 6.07) is 1.91. The fraction of sp³-hybridized carbons (Fsp3) is 0.429. The van der Waals surface area contributed by atoms with Gasteiger partial charge >= 0.3 is 0 Å². The van der Waals surface area contributed by atoms with Crippen LogP contribution in [0.2, 0.25) is 0 Å². The predicted octanol–water partition coefficient (Wildman–Crippen LogP) is 2.29. The van der Waals surface area contributed by atoms with Crippen molar-refractivity contribution in [3.8, 4) is 5.75 Å². The Balaban J connectivity index is 1.92. The van der Waals surface area contributed by atoms with Crippen LogP contribution in [-0.2, 0) is 0 Å². The number of hydrogen-bond donors (Lipinski definition) is 1. The van der Waals surface area contributed by atoms with E-state index in [1.165, 1.54) is 19.2 Å². The van der Waals surface area contributed by atoms with Crippen LogP contribution in [0.15, 0.2) is 21.7 Å². The van der Waals surface area contributed by atoms with Crippen molar-refractivity contribution in [2.75, 3.05) is 24.6 Å². The van der Waals surface area contributed by atoms with Crippen LogP contribution >= 0.6 is 15.9 Å². The number of anilines is 1. The maximum Gasteiger partial charge on any atom is 0.258 e. The van der Waals surface area contributed by atoms with E-state index in [1.54, 1.807) is 0 Å². The summed E-state index contributed by atoms with van der Waals surface area (Å²) >= 11 is 3.54. The monoisotopic (exact) mass is 335 g/mol. The first-order chi connectivity index (χ1) is 9.74. The number of ether oxygens (including phenoxy) is 1. The smallest absolute Gasteiger partial charge is 0.258 e. The van der Waals surface area contributed by atoms with Gasteiger partial charge in [0, 0.05) is 6.54 Å². The predicted molar refractivity (Wildman–Crippen MR) is 80.5 cm³/mol. The average Bonchev–Trinajstić information content (AvgIpc) is 3.25. The molecule has 6 heteroatoms. The van der Waals surface area contributed by atoms with Gasteiger partial charge in [0.1, 0.15) is 6.61 Å². The van der Waals surface area contributed by atoms with E-state index in [0.717, 1.165) is 34.9 Å². The molecule has 0 radical (unpaired) electrons. The number of nitrogens with zero attached hydrogens (tertiary/aromatic N) is 2. The van der Waals surface area contributed by atoms with Gasteiger partial charge in [-0.3, -0.25) is 4.79 Å². The van der Waals surface area contributed by atoms with Crippen molar-refractivity contribution in [1.82, 2.24) is 9.97 Å². The molecule has 1 saturated carbocycles. The summed E-state index contributed by atoms with van der Waals surface area (Å²) in [5, 5.41) is 0.601. The Morgan fingerprint density at radius 3 is 3.15 bits per heavy atom. The molecule has 1 aliphatic carbocycles. The van der Waals surface area contributed by atoms with Crippen LogP contribution in [-0.4, -0.2) is 29.7 Å². The van der Waals surface area contributed by atoms with Crippen LogP contribution in [0.1, 0.15) is 12.8 Å². The third-order valence-corrected chi connectivity index (χ3v) is 4.67. The summed E-state index contributed by atoms with van der Waals surface area (Å²) in [4.78, 5) is 21.2. The topological polar surface area (TPSA) is 58.2 Å². The Morgan fingerprint density at radius 1 is 1.50 bits per heavy atom. The molecule has 0 saturated heterocycles. The summed E-state index contributed by atoms with van der Waals surface area (Å²) in [7, 11) is 0. The summed E-state index contributed by atoms with van der Waals surface area (Å²) in [5.74, 6) is 1.60. The van der Waals surface area contributed by atoms with Gasteiger partial charge in [-0.05, 0) is 40.8 Å². The molecule has 1 aliphatic heterocycles. The number of fused-ring (bicyclic) bond motifs is 2. The third kappa shape index (κ3) is 1.90. The molecule has 0 atom stereocenters. The Kier molecular flexibility index (Phi) is 2.73. The van der Waals surface area contributed by atoms with Gasteiger partial charge in [-0.25, -0.2) is 4.98 Å². The maximum absolute atomic E-state index is 12.0. The molecule has 2 heterocycles. The Hall–Kier alpha value is -1.56. The molecule has 0 spiro atoms. The number of rotatable bonds is 2. The quantitative estimate of drug-likeness (QED) is 0.914. The second-order valence-electron chi connectivity index (χ2n) is 5.40. The van der Waals surface area contributed by atoms with E-state index in [4.69, 9.17) is 4.74 Å². The number of nitrogens with one attached hydrogen (secondary N) is 1. The molecule has 0 unspecified atom stereocenters. The van der Waals surface area contributed by atoms with Crippen molar-refractivity contribution in [2.45, 2.75) is 12.8 Å². The van der Waals surface area contributed by atoms with Crippen molar-refractivity contribution in [2.24, 2.45) is 5.92 Å². The molecule has 1 aromatic carbocycles. The van der Waals surface area contributed by atoms with Crippen LogP contribution in [0.4, 0.5) is 5.69 Å². The molecule has 2 aliphatic rings. The van der Waals surface area contributed by atoms with Gasteiger partial charge in [0.05, 0.1) is 33.9 Å². The Labute approximate surface area is 124 Å². The van der Waals surface area contributed by atoms with Gasteiger partial charge in [-0.1, -0.05) is 0 Å². The molecule has 4 rings (SSSR count). The van der Waals surface area contributed by atoms with Gasteiger partial charge in [-0.2, -0.15) is 0 Å². The minimum Gasteiger partial charge on any atom is -0.488 e. The van der Waals surface area contributed by atoms with E-state index in [0.29, 0.717) is 17.5 Å². The van der Waals surface area contributed by atoms with Crippen molar-refractivity contribution < 1.29 is 4.74 Å². The number of hydrogen-bond acceptors (Lipinski definition) is 4. The van der Waals surface area contributed by atoms with E-state index in [1.807, 2.05) is 6.07 Å². The van der Waals surface area contributed by atoms with Gasteiger partial charge in [0.15, 0.2) is 5.75 Å². The van der Waals surface area contributed by atoms with Crippen LogP contribution in [0.25, 0.3) is 10.9 Å². The first-order valence-electron chi connectivity index (χ1n) is 6.81. The number of aromatic nitrogens is 2. The lowest BCUT2D eigenvalue weighted by Crippen LogP contribution is -2.34. The summed E-state index contributed by atoms with van der Waals surface area (Å²) in [6.07, 6.45) is 4.04. The largest absolute Gasteiger partial charge is 0.488 e. The fourth-order valence-electron chi connectivity index (χ4n) is 2.69. The standard InChI is InChI=1S/C14H14BrN3O2/c15-11-12-9(14(19)17-7-16-12)5-10-13(11)20-4-3-18(10)6-8-1-2-8/h5,7-8H,1-4,6H2,(H,16,17,19). The van der Waals surface area contributed by atoms with Crippen molar-refractivity contribution in [1.29, 1.82) is 0 Å². The number of H-pyrrole nitrogens is 1. The highest BCUT2D eigenvalue weighted by atomic mass is 79.9. The molecular weight excluding hydrogens is 322 g/mol. The van der Waals surface area contributed by atoms with Crippen LogP contribution < -0.4 is 15.2 Å². The van der Waals surface area contributed by atoms with Crippen LogP contribution in [0.3, 0.4) is 0 Å². The highest BCUT2D eigenvalue weighted by molar-refractivity contribution is 9.10. The second kappa shape index (κ2) is 4.48. The van der Waals surface area contributed by atoms with Gasteiger partial charge < -0.3 is 14.6 Å². The van der Waals surface area contributed by atoms with Crippen molar-refractivity contribution >= 4 is 32.5 Å². The SMILES string of the molecule is O=c1[nH]cnc2c(Br)c3c(cc12)N(CC1CC1)CCO3. The summed E-state index contributed by atoms with van der Waals surface area (Å²) in [5.41, 5.74) is 1.54. The molecule has 0 amide bonds. The molecule has 20 heavy (non-hydrogen) atoms. The van der Waals surface area contributed by atoms with Crippen molar-refractivity contribution in [3.05, 3.63) is 27.2 Å². The average molecular weight is 336 g/mol. The lowest BCUT2D eigenvalue weighted by atomic mass is 10.1. The van der Waals surface area contributed by atoms with Gasteiger partial charge in [-0.15, -0.1) is 0 Å². The maximum atomic E-state index is 12.0. The van der Waals surface area contributed by atoms with Gasteiger partial charge in [0.2, 0.25) is 0 Å². The number of benzene rings is 1. The molecule has 0 bridgehead atoms. The fourth-order valence-corrected chi connectivity index (χ4v) is 3.33. The molecule has 104 valence electrons. The zero-order valence-corrected chi connectivity index (χ0v) is 12.4. The van der Waals surface area contributed by atoms with Gasteiger partial charge in [0.25, 0.3) is 5.56 Å². The molecule has 1 N–H and O–H groups in total. The van der Waals surface area contributed by atoms with Crippen LogP contribution in [0.5, 0.6) is 5.75 Å². The minimum absolute atomic E-state index is 0.115. The second-order valence-corrected chi connectivity index (χ2v) is 6.20. The zero-order chi connectivity index (χ0) is 13.7. The Morgan fingerprint density at radius 2 is 2.35 bits per heavy atom. The number of halogens is 1. The lowest BCUT2D eigenvalue weighted by molar-refractivity contribution is 0.305. The lowest BCUT2D eigenvalue weighted by Gasteiger charge is -2.32. The van der Waals surface area contributed by atoms with E-state index in [9.17, 15) is 4.79 Å². The number of aromatic amines is 1.